The molecule has 3 rings (SSSR count). The molecule has 1 saturated heterocycles. The molecule has 0 unspecified atom stereocenters. The summed E-state index contributed by atoms with van der Waals surface area (Å²) >= 11 is 1.20. The first kappa shape index (κ1) is 14.2. The Balaban J connectivity index is 1.56. The molecule has 1 amide bonds. The van der Waals surface area contributed by atoms with Crippen molar-refractivity contribution in [3.63, 3.8) is 0 Å². The van der Waals surface area contributed by atoms with E-state index < -0.39 is 0 Å². The van der Waals surface area contributed by atoms with Crippen molar-refractivity contribution in [2.45, 2.75) is 26.2 Å². The second kappa shape index (κ2) is 6.35. The molecular weight excluding hydrogens is 282 g/mol. The topological polar surface area (TPSA) is 46.1 Å². The second-order valence-corrected chi connectivity index (χ2v) is 6.37. The van der Waals surface area contributed by atoms with E-state index in [0.29, 0.717) is 10.8 Å². The van der Waals surface area contributed by atoms with E-state index >= 15 is 0 Å². The minimum atomic E-state index is 0.0978. The van der Waals surface area contributed by atoms with E-state index in [2.05, 4.69) is 39.9 Å². The molecule has 0 spiro atoms. The van der Waals surface area contributed by atoms with Gasteiger partial charge in [-0.3, -0.25) is 4.79 Å². The van der Waals surface area contributed by atoms with Crippen LogP contribution < -0.4 is 0 Å². The van der Waals surface area contributed by atoms with Crippen molar-refractivity contribution >= 4 is 17.4 Å². The van der Waals surface area contributed by atoms with Crippen LogP contribution in [0.5, 0.6) is 0 Å². The van der Waals surface area contributed by atoms with Crippen LogP contribution in [0, 0.1) is 12.8 Å². The Bertz CT molecular complexity index is 603. The van der Waals surface area contributed by atoms with Gasteiger partial charge in [0.25, 0.3) is 5.91 Å². The quantitative estimate of drug-likeness (QED) is 0.875. The van der Waals surface area contributed by atoms with Gasteiger partial charge < -0.3 is 4.90 Å². The van der Waals surface area contributed by atoms with Crippen LogP contribution >= 0.6 is 11.5 Å². The lowest BCUT2D eigenvalue weighted by Gasteiger charge is -2.31. The van der Waals surface area contributed by atoms with Gasteiger partial charge in [0.05, 0.1) is 5.69 Å². The zero-order chi connectivity index (χ0) is 14.7. The molecule has 0 bridgehead atoms. The van der Waals surface area contributed by atoms with Crippen LogP contribution in [0.15, 0.2) is 30.3 Å². The smallest absolute Gasteiger partial charge is 0.267 e. The third kappa shape index (κ3) is 3.29. The Morgan fingerprint density at radius 3 is 2.62 bits per heavy atom. The molecule has 1 aliphatic rings. The Hall–Kier alpha value is -1.75. The average Bonchev–Trinajstić information content (AvgIpc) is 2.94. The summed E-state index contributed by atoms with van der Waals surface area (Å²) in [6.07, 6.45) is 3.27. The van der Waals surface area contributed by atoms with Crippen LogP contribution in [-0.4, -0.2) is 33.5 Å². The molecule has 5 heteroatoms. The largest absolute Gasteiger partial charge is 0.338 e. The molecule has 4 nitrogen and oxygen atoms in total. The molecule has 21 heavy (non-hydrogen) atoms. The molecule has 0 atom stereocenters. The third-order valence-electron chi connectivity index (χ3n) is 4.11. The SMILES string of the molecule is Cc1nnsc1C(=O)N1CCC(Cc2ccccc2)CC1. The van der Waals surface area contributed by atoms with Gasteiger partial charge in [0.1, 0.15) is 4.88 Å². The van der Waals surface area contributed by atoms with E-state index in [4.69, 9.17) is 0 Å². The van der Waals surface area contributed by atoms with Gasteiger partial charge in [-0.2, -0.15) is 0 Å². The molecule has 2 heterocycles. The van der Waals surface area contributed by atoms with E-state index in [-0.39, 0.29) is 5.91 Å². The summed E-state index contributed by atoms with van der Waals surface area (Å²) in [4.78, 5) is 15.0. The third-order valence-corrected chi connectivity index (χ3v) is 4.93. The summed E-state index contributed by atoms with van der Waals surface area (Å²) in [5, 5.41) is 3.92. The van der Waals surface area contributed by atoms with E-state index in [9.17, 15) is 4.79 Å². The number of aryl methyl sites for hydroxylation is 1. The number of aromatic nitrogens is 2. The first-order valence-electron chi connectivity index (χ1n) is 7.36. The van der Waals surface area contributed by atoms with Crippen molar-refractivity contribution in [3.05, 3.63) is 46.5 Å². The maximum Gasteiger partial charge on any atom is 0.267 e. The van der Waals surface area contributed by atoms with Gasteiger partial charge in [0.15, 0.2) is 0 Å². The Kier molecular flexibility index (Phi) is 4.29. The highest BCUT2D eigenvalue weighted by Gasteiger charge is 2.26. The van der Waals surface area contributed by atoms with Crippen molar-refractivity contribution in [2.75, 3.05) is 13.1 Å². The van der Waals surface area contributed by atoms with Crippen molar-refractivity contribution in [1.29, 1.82) is 0 Å². The fourth-order valence-corrected chi connectivity index (χ4v) is 3.48. The number of nitrogens with zero attached hydrogens (tertiary/aromatic N) is 3. The van der Waals surface area contributed by atoms with E-state index in [1.165, 1.54) is 17.1 Å². The molecule has 1 fully saturated rings. The number of carbonyl (C=O) groups is 1. The molecule has 1 aromatic heterocycles. The summed E-state index contributed by atoms with van der Waals surface area (Å²) in [7, 11) is 0. The summed E-state index contributed by atoms with van der Waals surface area (Å²) in [6, 6.07) is 10.6. The van der Waals surface area contributed by atoms with Crippen LogP contribution in [0.3, 0.4) is 0 Å². The number of hydrogen-bond donors (Lipinski definition) is 0. The Labute approximate surface area is 129 Å². The molecule has 0 radical (unpaired) electrons. The summed E-state index contributed by atoms with van der Waals surface area (Å²) in [6.45, 7) is 3.53. The number of carbonyl (C=O) groups excluding carboxylic acids is 1. The molecule has 0 aliphatic carbocycles. The number of hydrogen-bond acceptors (Lipinski definition) is 4. The van der Waals surface area contributed by atoms with Gasteiger partial charge in [-0.05, 0) is 49.2 Å². The van der Waals surface area contributed by atoms with Crippen LogP contribution in [0.4, 0.5) is 0 Å². The molecule has 0 N–H and O–H groups in total. The fraction of sp³-hybridized carbons (Fsp3) is 0.438. The van der Waals surface area contributed by atoms with Crippen LogP contribution in [0.2, 0.25) is 0 Å². The first-order valence-corrected chi connectivity index (χ1v) is 8.13. The summed E-state index contributed by atoms with van der Waals surface area (Å²) in [5.74, 6) is 0.776. The van der Waals surface area contributed by atoms with Gasteiger partial charge in [-0.1, -0.05) is 34.8 Å². The van der Waals surface area contributed by atoms with Gasteiger partial charge in [-0.15, -0.1) is 5.10 Å². The minimum Gasteiger partial charge on any atom is -0.338 e. The summed E-state index contributed by atoms with van der Waals surface area (Å²) in [5.41, 5.74) is 2.14. The van der Waals surface area contributed by atoms with Gasteiger partial charge in [0, 0.05) is 13.1 Å². The Morgan fingerprint density at radius 1 is 1.29 bits per heavy atom. The van der Waals surface area contributed by atoms with Crippen molar-refractivity contribution in [2.24, 2.45) is 5.92 Å². The van der Waals surface area contributed by atoms with Gasteiger partial charge in [0.2, 0.25) is 0 Å². The van der Waals surface area contributed by atoms with Gasteiger partial charge >= 0.3 is 0 Å². The molecule has 110 valence electrons. The zero-order valence-electron chi connectivity index (χ0n) is 12.2. The predicted molar refractivity (Wildman–Crippen MR) is 83.4 cm³/mol. The number of amides is 1. The van der Waals surface area contributed by atoms with E-state index in [1.54, 1.807) is 0 Å². The average molecular weight is 301 g/mol. The zero-order valence-corrected chi connectivity index (χ0v) is 13.0. The highest BCUT2D eigenvalue weighted by atomic mass is 32.1. The molecule has 2 aromatic rings. The monoisotopic (exact) mass is 301 g/mol. The standard InChI is InChI=1S/C16H19N3OS/c1-12-15(21-18-17-12)16(20)19-9-7-14(8-10-19)11-13-5-3-2-4-6-13/h2-6,14H,7-11H2,1H3. The Morgan fingerprint density at radius 2 is 2.00 bits per heavy atom. The van der Waals surface area contributed by atoms with Crippen LogP contribution in [0.25, 0.3) is 0 Å². The van der Waals surface area contributed by atoms with Crippen LogP contribution in [-0.2, 0) is 6.42 Å². The lowest BCUT2D eigenvalue weighted by atomic mass is 9.90. The number of piperidine rings is 1. The van der Waals surface area contributed by atoms with Crippen molar-refractivity contribution < 1.29 is 4.79 Å². The minimum absolute atomic E-state index is 0.0978. The maximum absolute atomic E-state index is 12.4. The molecule has 1 aliphatic heterocycles. The summed E-state index contributed by atoms with van der Waals surface area (Å²) < 4.78 is 3.85. The predicted octanol–water partition coefficient (Wildman–Crippen LogP) is 2.94. The highest BCUT2D eigenvalue weighted by molar-refractivity contribution is 7.07. The number of likely N-dealkylation sites (tertiary alicyclic amines) is 1. The molecule has 1 aromatic carbocycles. The fourth-order valence-electron chi connectivity index (χ4n) is 2.86. The van der Waals surface area contributed by atoms with E-state index in [1.807, 2.05) is 11.8 Å². The molecular formula is C16H19N3OS. The second-order valence-electron chi connectivity index (χ2n) is 5.61. The lowest BCUT2D eigenvalue weighted by Crippen LogP contribution is -2.38. The van der Waals surface area contributed by atoms with Crippen LogP contribution in [0.1, 0.15) is 33.8 Å². The lowest BCUT2D eigenvalue weighted by molar-refractivity contribution is 0.0694. The van der Waals surface area contributed by atoms with E-state index in [0.717, 1.165) is 38.0 Å². The van der Waals surface area contributed by atoms with Crippen molar-refractivity contribution in [3.8, 4) is 0 Å². The normalized spacial score (nSPS) is 16.1. The number of benzene rings is 1. The van der Waals surface area contributed by atoms with Gasteiger partial charge in [-0.25, -0.2) is 0 Å². The maximum atomic E-state index is 12.4. The molecule has 0 saturated carbocycles. The number of rotatable bonds is 3. The van der Waals surface area contributed by atoms with Crippen molar-refractivity contribution in [1.82, 2.24) is 14.5 Å². The highest BCUT2D eigenvalue weighted by Crippen LogP contribution is 2.23. The first-order chi connectivity index (χ1) is 10.2.